The maximum atomic E-state index is 10.1. The van der Waals surface area contributed by atoms with Crippen molar-refractivity contribution in [3.05, 3.63) is 36.0 Å². The molecule has 1 N–H and O–H groups in total. The minimum absolute atomic E-state index is 0.453. The molecule has 0 radical (unpaired) electrons. The summed E-state index contributed by atoms with van der Waals surface area (Å²) in [4.78, 5) is 0. The van der Waals surface area contributed by atoms with Gasteiger partial charge in [0, 0.05) is 6.42 Å². The number of allylic oxidation sites excluding steroid dienone is 4. The quantitative estimate of drug-likeness (QED) is 0.579. The van der Waals surface area contributed by atoms with E-state index < -0.39 is 5.60 Å². The van der Waals surface area contributed by atoms with Crippen LogP contribution in [0.4, 0.5) is 0 Å². The molecule has 0 aromatic carbocycles. The summed E-state index contributed by atoms with van der Waals surface area (Å²) in [5, 5.41) is 10.1. The molecular weight excluding hydrogens is 148 g/mol. The first-order valence-electron chi connectivity index (χ1n) is 4.53. The Hall–Kier alpha value is -0.820. The molecule has 2 rings (SSSR count). The van der Waals surface area contributed by atoms with Crippen LogP contribution in [0.2, 0.25) is 0 Å². The summed E-state index contributed by atoms with van der Waals surface area (Å²) < 4.78 is 0. The zero-order chi connectivity index (χ0) is 8.44. The van der Waals surface area contributed by atoms with E-state index in [-0.39, 0.29) is 0 Å². The van der Waals surface area contributed by atoms with Crippen molar-refractivity contribution in [1.82, 2.24) is 0 Å². The molecule has 0 heterocycles. The van der Waals surface area contributed by atoms with Crippen molar-refractivity contribution in [2.75, 3.05) is 0 Å². The third kappa shape index (κ3) is 1.51. The molecule has 1 atom stereocenters. The van der Waals surface area contributed by atoms with Crippen LogP contribution in [-0.2, 0) is 0 Å². The standard InChI is InChI=1S/C11H14O/c12-11-7-3-1-2-5-10(9-11)6-4-8-11/h1-3,5-6,12H,4,7-9H2/b3-1-,5-2-. The zero-order valence-electron chi connectivity index (χ0n) is 7.16. The van der Waals surface area contributed by atoms with Gasteiger partial charge in [0.1, 0.15) is 0 Å². The van der Waals surface area contributed by atoms with E-state index in [0.717, 1.165) is 25.7 Å². The monoisotopic (exact) mass is 162 g/mol. The SMILES string of the molecule is OC12C/C=C\C=C/C(=CCC1)C2. The van der Waals surface area contributed by atoms with E-state index in [9.17, 15) is 5.11 Å². The van der Waals surface area contributed by atoms with Crippen LogP contribution in [0.15, 0.2) is 36.0 Å². The van der Waals surface area contributed by atoms with E-state index in [0.29, 0.717) is 0 Å². The Bertz CT molecular complexity index is 260. The second-order valence-corrected chi connectivity index (χ2v) is 3.71. The molecule has 0 saturated heterocycles. The van der Waals surface area contributed by atoms with Crippen LogP contribution in [-0.4, -0.2) is 10.7 Å². The lowest BCUT2D eigenvalue weighted by atomic mass is 9.81. The first kappa shape index (κ1) is 7.81. The van der Waals surface area contributed by atoms with Gasteiger partial charge in [-0.1, -0.05) is 30.4 Å². The molecule has 0 aliphatic heterocycles. The van der Waals surface area contributed by atoms with Crippen molar-refractivity contribution in [1.29, 1.82) is 0 Å². The lowest BCUT2D eigenvalue weighted by Crippen LogP contribution is -2.30. The van der Waals surface area contributed by atoms with E-state index in [1.54, 1.807) is 0 Å². The molecule has 1 nitrogen and oxygen atoms in total. The Balaban J connectivity index is 2.30. The zero-order valence-corrected chi connectivity index (χ0v) is 7.16. The van der Waals surface area contributed by atoms with Gasteiger partial charge in [-0.2, -0.15) is 0 Å². The van der Waals surface area contributed by atoms with Crippen LogP contribution >= 0.6 is 0 Å². The summed E-state index contributed by atoms with van der Waals surface area (Å²) in [5.41, 5.74) is 0.832. The van der Waals surface area contributed by atoms with Gasteiger partial charge in [0.25, 0.3) is 0 Å². The minimum Gasteiger partial charge on any atom is -0.389 e. The topological polar surface area (TPSA) is 20.2 Å². The van der Waals surface area contributed by atoms with Gasteiger partial charge in [-0.25, -0.2) is 0 Å². The van der Waals surface area contributed by atoms with E-state index in [1.807, 2.05) is 6.08 Å². The molecule has 1 unspecified atom stereocenters. The molecule has 0 spiro atoms. The molecular formula is C11H14O. The Kier molecular flexibility index (Phi) is 1.89. The third-order valence-electron chi connectivity index (χ3n) is 2.60. The molecule has 64 valence electrons. The predicted molar refractivity (Wildman–Crippen MR) is 49.8 cm³/mol. The summed E-state index contributed by atoms with van der Waals surface area (Å²) in [6, 6.07) is 0. The van der Waals surface area contributed by atoms with E-state index >= 15 is 0 Å². The van der Waals surface area contributed by atoms with Crippen LogP contribution in [0.5, 0.6) is 0 Å². The highest BCUT2D eigenvalue weighted by Gasteiger charge is 2.28. The number of hydrogen-bond donors (Lipinski definition) is 1. The Labute approximate surface area is 73.1 Å². The van der Waals surface area contributed by atoms with Crippen molar-refractivity contribution in [2.24, 2.45) is 0 Å². The van der Waals surface area contributed by atoms with Crippen molar-refractivity contribution < 1.29 is 5.11 Å². The first-order chi connectivity index (χ1) is 5.79. The Morgan fingerprint density at radius 1 is 1.33 bits per heavy atom. The molecule has 0 fully saturated rings. The van der Waals surface area contributed by atoms with Crippen molar-refractivity contribution in [2.45, 2.75) is 31.3 Å². The van der Waals surface area contributed by atoms with Gasteiger partial charge in [0.15, 0.2) is 0 Å². The summed E-state index contributed by atoms with van der Waals surface area (Å²) in [6.07, 6.45) is 14.0. The molecule has 2 bridgehead atoms. The van der Waals surface area contributed by atoms with E-state index in [2.05, 4.69) is 24.3 Å². The van der Waals surface area contributed by atoms with Crippen LogP contribution in [0.3, 0.4) is 0 Å². The molecule has 0 aromatic heterocycles. The number of hydrogen-bond acceptors (Lipinski definition) is 1. The lowest BCUT2D eigenvalue weighted by Gasteiger charge is -2.31. The maximum absolute atomic E-state index is 10.1. The summed E-state index contributed by atoms with van der Waals surface area (Å²) in [5.74, 6) is 0. The van der Waals surface area contributed by atoms with Crippen molar-refractivity contribution in [3.8, 4) is 0 Å². The van der Waals surface area contributed by atoms with Gasteiger partial charge in [0.05, 0.1) is 5.60 Å². The number of fused-ring (bicyclic) bond motifs is 2. The van der Waals surface area contributed by atoms with Crippen LogP contribution in [0.25, 0.3) is 0 Å². The molecule has 2 aliphatic rings. The van der Waals surface area contributed by atoms with E-state index in [1.165, 1.54) is 5.57 Å². The fraction of sp³-hybridized carbons (Fsp3) is 0.455. The normalized spacial score (nSPS) is 39.2. The van der Waals surface area contributed by atoms with Crippen LogP contribution in [0.1, 0.15) is 25.7 Å². The molecule has 12 heavy (non-hydrogen) atoms. The first-order valence-corrected chi connectivity index (χ1v) is 4.53. The Morgan fingerprint density at radius 3 is 3.17 bits per heavy atom. The molecule has 0 amide bonds. The third-order valence-corrected chi connectivity index (χ3v) is 2.60. The molecule has 0 saturated carbocycles. The van der Waals surface area contributed by atoms with E-state index in [4.69, 9.17) is 0 Å². The average Bonchev–Trinajstić information content (AvgIpc) is 2.02. The Morgan fingerprint density at radius 2 is 2.25 bits per heavy atom. The van der Waals surface area contributed by atoms with Gasteiger partial charge in [-0.05, 0) is 24.8 Å². The van der Waals surface area contributed by atoms with Gasteiger partial charge in [0.2, 0.25) is 0 Å². The number of aliphatic hydroxyl groups is 1. The highest BCUT2D eigenvalue weighted by molar-refractivity contribution is 5.28. The molecule has 2 aliphatic carbocycles. The fourth-order valence-corrected chi connectivity index (χ4v) is 1.91. The number of rotatable bonds is 0. The van der Waals surface area contributed by atoms with Gasteiger partial charge in [-0.15, -0.1) is 0 Å². The average molecular weight is 162 g/mol. The highest BCUT2D eigenvalue weighted by Crippen LogP contribution is 2.32. The molecule has 0 aromatic rings. The molecule has 1 heteroatoms. The summed E-state index contributed by atoms with van der Waals surface area (Å²) >= 11 is 0. The van der Waals surface area contributed by atoms with Crippen molar-refractivity contribution >= 4 is 0 Å². The summed E-state index contributed by atoms with van der Waals surface area (Å²) in [7, 11) is 0. The summed E-state index contributed by atoms with van der Waals surface area (Å²) in [6.45, 7) is 0. The van der Waals surface area contributed by atoms with Gasteiger partial charge >= 0.3 is 0 Å². The smallest absolute Gasteiger partial charge is 0.0725 e. The second-order valence-electron chi connectivity index (χ2n) is 3.71. The van der Waals surface area contributed by atoms with Gasteiger partial charge < -0.3 is 5.11 Å². The highest BCUT2D eigenvalue weighted by atomic mass is 16.3. The van der Waals surface area contributed by atoms with Crippen LogP contribution in [0, 0.1) is 0 Å². The maximum Gasteiger partial charge on any atom is 0.0725 e. The second kappa shape index (κ2) is 2.91. The fourth-order valence-electron chi connectivity index (χ4n) is 1.91. The lowest BCUT2D eigenvalue weighted by molar-refractivity contribution is 0.0319. The minimum atomic E-state index is -0.453. The van der Waals surface area contributed by atoms with Crippen molar-refractivity contribution in [3.63, 3.8) is 0 Å². The predicted octanol–water partition coefficient (Wildman–Crippen LogP) is 2.34. The van der Waals surface area contributed by atoms with Gasteiger partial charge in [-0.3, -0.25) is 0 Å². The largest absolute Gasteiger partial charge is 0.389 e. The van der Waals surface area contributed by atoms with Crippen LogP contribution < -0.4 is 0 Å².